The molecule has 12 heavy (non-hydrogen) atoms. The summed E-state index contributed by atoms with van der Waals surface area (Å²) >= 11 is 0. The molecule has 1 fully saturated rings. The second kappa shape index (κ2) is 18.0. The maximum atomic E-state index is 4.94. The normalized spacial score (nSPS) is 13.5. The van der Waals surface area contributed by atoms with Crippen molar-refractivity contribution in [2.75, 3.05) is 26.4 Å². The van der Waals surface area contributed by atoms with Crippen LogP contribution in [0.3, 0.4) is 0 Å². The van der Waals surface area contributed by atoms with Gasteiger partial charge in [-0.05, 0) is 26.7 Å². The standard InChI is InChI=1S/C4H8O.C4H10O.Al.Li.4H/c1-2-4-5-3-1;1-3-5-4-2;;;;;;/h1-4H2;3-4H2,1-2H3;;;;;;/q;;+3;+1;4*-1. The number of rotatable bonds is 2. The van der Waals surface area contributed by atoms with Gasteiger partial charge in [0.25, 0.3) is 0 Å². The molecule has 1 saturated heterocycles. The number of hydrogen-bond acceptors (Lipinski definition) is 2. The molecule has 0 aromatic carbocycles. The smallest absolute Gasteiger partial charge is 1.00 e. The summed E-state index contributed by atoms with van der Waals surface area (Å²) in [5, 5.41) is 0. The molecule has 2 nitrogen and oxygen atoms in total. The summed E-state index contributed by atoms with van der Waals surface area (Å²) in [7, 11) is 0. The topological polar surface area (TPSA) is 18.5 Å². The molecule has 0 radical (unpaired) electrons. The fraction of sp³-hybridized carbons (Fsp3) is 1.00. The summed E-state index contributed by atoms with van der Waals surface area (Å²) in [4.78, 5) is 0. The Morgan fingerprint density at radius 3 is 1.67 bits per heavy atom. The van der Waals surface area contributed by atoms with Crippen LogP contribution in [0.1, 0.15) is 32.4 Å². The molecular formula is C8H22AlLiO2. The third-order valence-electron chi connectivity index (χ3n) is 1.24. The van der Waals surface area contributed by atoms with Crippen LogP contribution in [0.2, 0.25) is 0 Å². The zero-order valence-corrected chi connectivity index (χ0v) is 9.79. The van der Waals surface area contributed by atoms with Gasteiger partial charge in [-0.3, -0.25) is 0 Å². The van der Waals surface area contributed by atoms with Gasteiger partial charge in [0.15, 0.2) is 0 Å². The van der Waals surface area contributed by atoms with Crippen molar-refractivity contribution >= 4 is 17.4 Å². The van der Waals surface area contributed by atoms with Crippen molar-refractivity contribution in [2.24, 2.45) is 0 Å². The van der Waals surface area contributed by atoms with Crippen LogP contribution in [0.4, 0.5) is 0 Å². The van der Waals surface area contributed by atoms with E-state index in [1.165, 1.54) is 12.8 Å². The van der Waals surface area contributed by atoms with Crippen molar-refractivity contribution < 1.29 is 34.0 Å². The van der Waals surface area contributed by atoms with Gasteiger partial charge >= 0.3 is 36.2 Å². The maximum absolute atomic E-state index is 4.94. The predicted octanol–water partition coefficient (Wildman–Crippen LogP) is -1.09. The Bertz CT molecular complexity index is 64.4. The van der Waals surface area contributed by atoms with Gasteiger partial charge in [0.05, 0.1) is 0 Å². The van der Waals surface area contributed by atoms with Gasteiger partial charge < -0.3 is 15.2 Å². The van der Waals surface area contributed by atoms with Crippen LogP contribution in [-0.2, 0) is 9.47 Å². The Labute approximate surface area is 105 Å². The Morgan fingerprint density at radius 1 is 1.17 bits per heavy atom. The average molecular weight is 184 g/mol. The van der Waals surface area contributed by atoms with Crippen molar-refractivity contribution in [1.82, 2.24) is 0 Å². The fourth-order valence-electron chi connectivity index (χ4n) is 0.714. The summed E-state index contributed by atoms with van der Waals surface area (Å²) in [6.07, 6.45) is 2.56. The van der Waals surface area contributed by atoms with Crippen molar-refractivity contribution in [3.63, 3.8) is 0 Å². The molecular weight excluding hydrogens is 162 g/mol. The second-order valence-corrected chi connectivity index (χ2v) is 2.10. The molecule has 0 spiro atoms. The summed E-state index contributed by atoms with van der Waals surface area (Å²) < 4.78 is 9.78. The number of ether oxygens (including phenoxy) is 2. The van der Waals surface area contributed by atoms with Gasteiger partial charge in [-0.1, -0.05) is 0 Å². The van der Waals surface area contributed by atoms with E-state index in [1.54, 1.807) is 0 Å². The van der Waals surface area contributed by atoms with Crippen molar-refractivity contribution in [3.8, 4) is 0 Å². The van der Waals surface area contributed by atoms with Gasteiger partial charge in [0.1, 0.15) is 0 Å². The zero-order chi connectivity index (χ0) is 7.66. The Kier molecular flexibility index (Phi) is 28.1. The van der Waals surface area contributed by atoms with E-state index in [4.69, 9.17) is 9.47 Å². The van der Waals surface area contributed by atoms with Crippen LogP contribution in [0, 0.1) is 0 Å². The van der Waals surface area contributed by atoms with E-state index in [1.807, 2.05) is 13.8 Å². The third-order valence-corrected chi connectivity index (χ3v) is 1.24. The summed E-state index contributed by atoms with van der Waals surface area (Å²) in [5.74, 6) is 0. The molecule has 0 amide bonds. The number of hydrogen-bond donors (Lipinski definition) is 0. The molecule has 1 aliphatic heterocycles. The van der Waals surface area contributed by atoms with E-state index >= 15 is 0 Å². The van der Waals surface area contributed by atoms with Gasteiger partial charge in [-0.25, -0.2) is 0 Å². The van der Waals surface area contributed by atoms with Gasteiger partial charge in [0.2, 0.25) is 0 Å². The first-order chi connectivity index (χ1) is 4.91. The molecule has 1 aliphatic rings. The zero-order valence-electron chi connectivity index (χ0n) is 12.6. The molecule has 0 aromatic heterocycles. The molecule has 0 saturated carbocycles. The molecule has 1 heterocycles. The summed E-state index contributed by atoms with van der Waals surface area (Å²) in [5.41, 5.74) is 0. The minimum Gasteiger partial charge on any atom is -1.00 e. The SMILES string of the molecule is C1CCOC1.CCOCC.[Al+3].[H-].[H-].[H-].[H-].[Li+]. The average Bonchev–Trinajstić information content (AvgIpc) is 2.44. The van der Waals surface area contributed by atoms with E-state index in [0.717, 1.165) is 26.4 Å². The van der Waals surface area contributed by atoms with E-state index < -0.39 is 0 Å². The quantitative estimate of drug-likeness (QED) is 0.508. The second-order valence-electron chi connectivity index (χ2n) is 2.10. The molecule has 0 atom stereocenters. The minimum absolute atomic E-state index is 0. The molecule has 0 unspecified atom stereocenters. The Hall–Kier alpha value is 1.05. The molecule has 70 valence electrons. The van der Waals surface area contributed by atoms with Crippen LogP contribution in [0.15, 0.2) is 0 Å². The Balaban J connectivity index is -0.0000000147. The van der Waals surface area contributed by atoms with Crippen LogP contribution < -0.4 is 18.9 Å². The van der Waals surface area contributed by atoms with Crippen molar-refractivity contribution in [3.05, 3.63) is 0 Å². The van der Waals surface area contributed by atoms with Gasteiger partial charge in [-0.2, -0.15) is 0 Å². The van der Waals surface area contributed by atoms with Crippen LogP contribution >= 0.6 is 0 Å². The molecule has 4 heteroatoms. The third kappa shape index (κ3) is 17.2. The summed E-state index contributed by atoms with van der Waals surface area (Å²) in [6, 6.07) is 0. The van der Waals surface area contributed by atoms with Crippen LogP contribution in [0.25, 0.3) is 0 Å². The molecule has 1 rings (SSSR count). The van der Waals surface area contributed by atoms with Crippen LogP contribution in [-0.4, -0.2) is 43.8 Å². The van der Waals surface area contributed by atoms with Crippen molar-refractivity contribution in [1.29, 1.82) is 0 Å². The molecule has 0 N–H and O–H groups in total. The molecule has 0 bridgehead atoms. The molecule has 0 aromatic rings. The maximum Gasteiger partial charge on any atom is 3.00 e. The predicted molar refractivity (Wildman–Crippen MR) is 52.4 cm³/mol. The van der Waals surface area contributed by atoms with E-state index in [9.17, 15) is 0 Å². The minimum atomic E-state index is 0. The summed E-state index contributed by atoms with van der Waals surface area (Å²) in [6.45, 7) is 7.67. The molecule has 0 aliphatic carbocycles. The largest absolute Gasteiger partial charge is 3.00 e. The first-order valence-electron chi connectivity index (χ1n) is 4.07. The first-order valence-corrected chi connectivity index (χ1v) is 4.07. The fourth-order valence-corrected chi connectivity index (χ4v) is 0.714. The first kappa shape index (κ1) is 18.8. The van der Waals surface area contributed by atoms with E-state index in [0.29, 0.717) is 0 Å². The van der Waals surface area contributed by atoms with Crippen LogP contribution in [0.5, 0.6) is 0 Å². The Morgan fingerprint density at radius 2 is 1.58 bits per heavy atom. The van der Waals surface area contributed by atoms with Crippen molar-refractivity contribution in [2.45, 2.75) is 26.7 Å². The monoisotopic (exact) mass is 184 g/mol. The van der Waals surface area contributed by atoms with Gasteiger partial charge in [-0.15, -0.1) is 0 Å². The van der Waals surface area contributed by atoms with Gasteiger partial charge in [0, 0.05) is 26.4 Å². The van der Waals surface area contributed by atoms with E-state index in [-0.39, 0.29) is 41.9 Å². The van der Waals surface area contributed by atoms with E-state index in [2.05, 4.69) is 0 Å².